The molecular formula is C22H26Gd2-2. The van der Waals surface area contributed by atoms with E-state index in [1.54, 1.807) is 0 Å². The Kier molecular flexibility index (Phi) is 43.3. The molecule has 0 spiro atoms. The van der Waals surface area contributed by atoms with Crippen LogP contribution in [-0.2, 0) is 0 Å². The minimum atomic E-state index is 0. The molecule has 0 N–H and O–H groups in total. The molecule has 4 aliphatic carbocycles. The van der Waals surface area contributed by atoms with Gasteiger partial charge in [-0.1, -0.05) is 0 Å². The van der Waals surface area contributed by atoms with Crippen LogP contribution in [0.2, 0.25) is 0 Å². The summed E-state index contributed by atoms with van der Waals surface area (Å²) < 4.78 is 0. The third kappa shape index (κ3) is 26.9. The van der Waals surface area contributed by atoms with Crippen LogP contribution in [0.25, 0.3) is 0 Å². The van der Waals surface area contributed by atoms with Gasteiger partial charge in [0.1, 0.15) is 0 Å². The molecule has 0 saturated heterocycles. The van der Waals surface area contributed by atoms with E-state index in [0.29, 0.717) is 0 Å². The normalized spacial score (nSPS) is 20.0. The minimum Gasteiger partial charge on any atom is -0.358 e. The topological polar surface area (TPSA) is 0 Å². The molecule has 0 aromatic heterocycles. The average Bonchev–Trinajstić information content (AvgIpc) is 3.40. The SMILES string of the molecule is [CH3-].[CH3-].[CH]1[CH][CH][CH][CH]1.[CH]1[CH][CH][CH][CH]1.[CH]1[CH][CH][CH][CH]1.[CH]1[CH][CH][CH][CH]1.[Gd].[Gd]. The van der Waals surface area contributed by atoms with Crippen LogP contribution in [0.15, 0.2) is 0 Å². The van der Waals surface area contributed by atoms with Crippen LogP contribution in [0, 0.1) is 223 Å². The summed E-state index contributed by atoms with van der Waals surface area (Å²) in [6, 6.07) is 0. The van der Waals surface area contributed by atoms with Crippen molar-refractivity contribution in [2.75, 3.05) is 0 Å². The summed E-state index contributed by atoms with van der Waals surface area (Å²) >= 11 is 0. The second-order valence-electron chi connectivity index (χ2n) is 3.85. The first-order valence-electron chi connectivity index (χ1n) is 6.67. The molecule has 0 amide bonds. The van der Waals surface area contributed by atoms with Crippen LogP contribution in [0.1, 0.15) is 0 Å². The molecule has 0 unspecified atom stereocenters. The average molecular weight is 605 g/mol. The maximum absolute atomic E-state index is 2.00. The summed E-state index contributed by atoms with van der Waals surface area (Å²) in [6.07, 6.45) is 40.0. The van der Waals surface area contributed by atoms with Crippen LogP contribution in [0.5, 0.6) is 0 Å². The fraction of sp³-hybridized carbons (Fsp3) is 0. The molecule has 132 valence electrons. The van der Waals surface area contributed by atoms with E-state index >= 15 is 0 Å². The van der Waals surface area contributed by atoms with E-state index in [9.17, 15) is 0 Å². The fourth-order valence-corrected chi connectivity index (χ4v) is 1.28. The molecule has 24 heavy (non-hydrogen) atoms. The van der Waals surface area contributed by atoms with Crippen molar-refractivity contribution in [3.8, 4) is 0 Å². The van der Waals surface area contributed by atoms with Crippen molar-refractivity contribution in [3.63, 3.8) is 0 Å². The Morgan fingerprint density at radius 2 is 0.208 bits per heavy atom. The summed E-state index contributed by atoms with van der Waals surface area (Å²) in [4.78, 5) is 0. The molecule has 4 aliphatic rings. The van der Waals surface area contributed by atoms with Crippen molar-refractivity contribution in [1.29, 1.82) is 0 Å². The molecule has 2 heteroatoms. The maximum atomic E-state index is 2.00. The second kappa shape index (κ2) is 30.4. The van der Waals surface area contributed by atoms with Crippen LogP contribution in [-0.4, -0.2) is 0 Å². The zero-order valence-corrected chi connectivity index (χ0v) is 18.8. The first kappa shape index (κ1) is 34.2. The summed E-state index contributed by atoms with van der Waals surface area (Å²) in [7, 11) is 0. The van der Waals surface area contributed by atoms with Gasteiger partial charge in [0.25, 0.3) is 0 Å². The van der Waals surface area contributed by atoms with Crippen molar-refractivity contribution in [2.45, 2.75) is 0 Å². The standard InChI is InChI=1S/4C5H5.2CH3.2Gd/c4*1-2-4-5-3-1;;;;/h4*1-5H;2*1H3;;/q;;;;2*-1;;. The Balaban J connectivity index is -0.000000105. The van der Waals surface area contributed by atoms with E-state index < -0.39 is 0 Å². The molecule has 0 aliphatic heterocycles. The van der Waals surface area contributed by atoms with Crippen molar-refractivity contribution in [2.24, 2.45) is 0 Å². The Bertz CT molecular complexity index is 96.4. The van der Waals surface area contributed by atoms with Crippen molar-refractivity contribution in [1.82, 2.24) is 0 Å². The zero-order chi connectivity index (χ0) is 14.1. The van der Waals surface area contributed by atoms with Gasteiger partial charge in [0.15, 0.2) is 0 Å². The van der Waals surface area contributed by atoms with E-state index in [1.165, 1.54) is 0 Å². The molecule has 0 bridgehead atoms. The number of hydrogen-bond acceptors (Lipinski definition) is 0. The van der Waals surface area contributed by atoms with Crippen molar-refractivity contribution in [3.05, 3.63) is 143 Å². The molecular weight excluding hydrogens is 579 g/mol. The van der Waals surface area contributed by atoms with Crippen molar-refractivity contribution < 1.29 is 79.9 Å². The quantitative estimate of drug-likeness (QED) is 0.342. The van der Waals surface area contributed by atoms with Gasteiger partial charge in [-0.05, 0) is 128 Å². The smallest absolute Gasteiger partial charge is 0 e. The van der Waals surface area contributed by atoms with Gasteiger partial charge < -0.3 is 14.9 Å². The van der Waals surface area contributed by atoms with Gasteiger partial charge in [0.05, 0.1) is 0 Å². The zero-order valence-electron chi connectivity index (χ0n) is 14.3. The molecule has 4 fully saturated rings. The first-order chi connectivity index (χ1) is 10.0. The summed E-state index contributed by atoms with van der Waals surface area (Å²) in [5, 5.41) is 0. The molecule has 0 heterocycles. The van der Waals surface area contributed by atoms with E-state index in [0.717, 1.165) is 0 Å². The van der Waals surface area contributed by atoms with Crippen LogP contribution in [0.3, 0.4) is 0 Å². The molecule has 0 aromatic rings. The largest absolute Gasteiger partial charge is 0.358 e. The van der Waals surface area contributed by atoms with Crippen LogP contribution < -0.4 is 0 Å². The van der Waals surface area contributed by atoms with E-state index in [4.69, 9.17) is 0 Å². The monoisotopic (exact) mass is 606 g/mol. The van der Waals surface area contributed by atoms with Crippen LogP contribution >= 0.6 is 0 Å². The van der Waals surface area contributed by atoms with E-state index in [1.807, 2.05) is 128 Å². The number of rotatable bonds is 0. The third-order valence-electron chi connectivity index (χ3n) is 2.22. The predicted molar refractivity (Wildman–Crippen MR) is 98.8 cm³/mol. The summed E-state index contributed by atoms with van der Waals surface area (Å²) in [5.41, 5.74) is 0. The van der Waals surface area contributed by atoms with Gasteiger partial charge in [-0.2, -0.15) is 0 Å². The fourth-order valence-electron chi connectivity index (χ4n) is 1.28. The van der Waals surface area contributed by atoms with Gasteiger partial charge in [0, 0.05) is 79.9 Å². The second-order valence-corrected chi connectivity index (χ2v) is 3.85. The minimum absolute atomic E-state index is 0. The molecule has 0 nitrogen and oxygen atoms in total. The summed E-state index contributed by atoms with van der Waals surface area (Å²) in [6.45, 7) is 0. The Labute approximate surface area is 220 Å². The van der Waals surface area contributed by atoms with Gasteiger partial charge in [-0.3, -0.25) is 0 Å². The van der Waals surface area contributed by atoms with Gasteiger partial charge in [-0.15, -0.1) is 0 Å². The molecule has 4 rings (SSSR count). The van der Waals surface area contributed by atoms with Crippen LogP contribution in [0.4, 0.5) is 0 Å². The Hall–Kier alpha value is 2.65. The first-order valence-corrected chi connectivity index (χ1v) is 6.67. The molecule has 4 saturated carbocycles. The van der Waals surface area contributed by atoms with E-state index in [-0.39, 0.29) is 94.7 Å². The molecule has 0 atom stereocenters. The predicted octanol–water partition coefficient (Wildman–Crippen LogP) is 4.99. The van der Waals surface area contributed by atoms with Crippen molar-refractivity contribution >= 4 is 0 Å². The Morgan fingerprint density at radius 3 is 0.250 bits per heavy atom. The van der Waals surface area contributed by atoms with Gasteiger partial charge in [0.2, 0.25) is 0 Å². The third-order valence-corrected chi connectivity index (χ3v) is 2.22. The summed E-state index contributed by atoms with van der Waals surface area (Å²) in [5.74, 6) is 0. The van der Waals surface area contributed by atoms with E-state index in [2.05, 4.69) is 0 Å². The van der Waals surface area contributed by atoms with Gasteiger partial charge >= 0.3 is 0 Å². The maximum Gasteiger partial charge on any atom is 0 e. The molecule has 20 radical (unpaired) electrons. The van der Waals surface area contributed by atoms with Gasteiger partial charge in [-0.25, -0.2) is 0 Å². The molecule has 0 aromatic carbocycles. The Morgan fingerprint density at radius 1 is 0.167 bits per heavy atom. The number of hydrogen-bond donors (Lipinski definition) is 0.